The average Bonchev–Trinajstić information content (AvgIpc) is 3.29. The molecule has 0 radical (unpaired) electrons. The number of urea groups is 1. The highest BCUT2D eigenvalue weighted by Gasteiger charge is 2.33. The molecule has 3 N–H and O–H groups in total. The van der Waals surface area contributed by atoms with Crippen LogP contribution in [0.15, 0.2) is 59.4 Å². The summed E-state index contributed by atoms with van der Waals surface area (Å²) in [5, 5.41) is 10.9. The summed E-state index contributed by atoms with van der Waals surface area (Å²) in [5.41, 5.74) is -0.494. The molecule has 0 aliphatic carbocycles. The van der Waals surface area contributed by atoms with Crippen molar-refractivity contribution in [3.8, 4) is 5.75 Å². The first-order valence-electron chi connectivity index (χ1n) is 11.4. The smallest absolute Gasteiger partial charge is 0.417 e. The lowest BCUT2D eigenvalue weighted by atomic mass is 10.2. The van der Waals surface area contributed by atoms with Crippen molar-refractivity contribution in [2.75, 3.05) is 16.8 Å². The van der Waals surface area contributed by atoms with Gasteiger partial charge < -0.3 is 20.1 Å². The number of hydrogen-bond acceptors (Lipinski definition) is 6. The van der Waals surface area contributed by atoms with E-state index in [-0.39, 0.29) is 36.0 Å². The molecule has 0 spiro atoms. The molecule has 2 heterocycles. The van der Waals surface area contributed by atoms with Crippen LogP contribution in [0.1, 0.15) is 24.0 Å². The number of carboxylic acids is 1. The van der Waals surface area contributed by atoms with Crippen LogP contribution in [0.3, 0.4) is 0 Å². The zero-order valence-corrected chi connectivity index (χ0v) is 21.5. The maximum atomic E-state index is 13.3. The monoisotopic (exact) mass is 580 g/mol. The first-order chi connectivity index (χ1) is 18.5. The Hall–Kier alpha value is -4.10. The van der Waals surface area contributed by atoms with Crippen molar-refractivity contribution >= 4 is 56.1 Å². The minimum absolute atomic E-state index is 0.0189. The van der Waals surface area contributed by atoms with Gasteiger partial charge in [-0.3, -0.25) is 14.5 Å². The summed E-state index contributed by atoms with van der Waals surface area (Å²) in [6.45, 7) is 0.194. The van der Waals surface area contributed by atoms with E-state index in [9.17, 15) is 27.6 Å². The molecule has 0 bridgehead atoms. The van der Waals surface area contributed by atoms with Crippen LogP contribution in [0.2, 0.25) is 5.02 Å². The average molecular weight is 581 g/mol. The number of halogens is 4. The molecule has 4 aromatic rings. The number of aromatic nitrogens is 2. The highest BCUT2D eigenvalue weighted by Crippen LogP contribution is 2.36. The van der Waals surface area contributed by atoms with Gasteiger partial charge in [-0.1, -0.05) is 35.1 Å². The van der Waals surface area contributed by atoms with Gasteiger partial charge in [-0.15, -0.1) is 0 Å². The van der Waals surface area contributed by atoms with E-state index in [1.54, 1.807) is 24.3 Å². The number of thiazole rings is 1. The number of carbonyl (C=O) groups is 2. The van der Waals surface area contributed by atoms with Gasteiger partial charge in [0.05, 0.1) is 23.7 Å². The largest absolute Gasteiger partial charge is 0.494 e. The summed E-state index contributed by atoms with van der Waals surface area (Å²) >= 11 is 6.72. The number of benzene rings is 2. The van der Waals surface area contributed by atoms with Crippen molar-refractivity contribution in [1.82, 2.24) is 9.97 Å². The highest BCUT2D eigenvalue weighted by molar-refractivity contribution is 7.22. The Morgan fingerprint density at radius 1 is 1.13 bits per heavy atom. The summed E-state index contributed by atoms with van der Waals surface area (Å²) in [6.07, 6.45) is -4.40. The van der Waals surface area contributed by atoms with Crippen LogP contribution < -0.4 is 20.5 Å². The maximum absolute atomic E-state index is 13.3. The van der Waals surface area contributed by atoms with Crippen LogP contribution in [-0.2, 0) is 17.5 Å². The number of H-pyrrole nitrogens is 1. The van der Waals surface area contributed by atoms with Crippen molar-refractivity contribution in [2.45, 2.75) is 25.6 Å². The number of carboxylic acid groups (broad SMARTS) is 1. The summed E-state index contributed by atoms with van der Waals surface area (Å²) in [7, 11) is 0. The van der Waals surface area contributed by atoms with Gasteiger partial charge in [-0.2, -0.15) is 13.2 Å². The van der Waals surface area contributed by atoms with Gasteiger partial charge >= 0.3 is 18.2 Å². The number of alkyl halides is 3. The van der Waals surface area contributed by atoms with E-state index in [0.29, 0.717) is 28.1 Å². The van der Waals surface area contributed by atoms with Crippen LogP contribution in [0, 0.1) is 0 Å². The topological polar surface area (TPSA) is 125 Å². The Morgan fingerprint density at radius 2 is 1.87 bits per heavy atom. The normalized spacial score (nSPS) is 11.4. The van der Waals surface area contributed by atoms with Crippen LogP contribution >= 0.6 is 22.9 Å². The van der Waals surface area contributed by atoms with Gasteiger partial charge in [0.1, 0.15) is 16.1 Å². The summed E-state index contributed by atoms with van der Waals surface area (Å²) in [5.74, 6) is -0.419. The van der Waals surface area contributed by atoms with E-state index < -0.39 is 28.8 Å². The number of aliphatic carboxylic acids is 1. The first-order valence-corrected chi connectivity index (χ1v) is 12.6. The molecule has 204 valence electrons. The minimum Gasteiger partial charge on any atom is -0.494 e. The predicted molar refractivity (Wildman–Crippen MR) is 141 cm³/mol. The van der Waals surface area contributed by atoms with E-state index >= 15 is 0 Å². The lowest BCUT2D eigenvalue weighted by Gasteiger charge is -2.21. The summed E-state index contributed by atoms with van der Waals surface area (Å²) in [6, 6.07) is 11.7. The van der Waals surface area contributed by atoms with E-state index in [2.05, 4.69) is 15.3 Å². The maximum Gasteiger partial charge on any atom is 0.417 e. The van der Waals surface area contributed by atoms with Crippen LogP contribution in [0.25, 0.3) is 10.3 Å². The number of anilines is 2. The Labute approximate surface area is 227 Å². The molecule has 0 unspecified atom stereocenters. The number of ether oxygens (including phenoxy) is 1. The predicted octanol–water partition coefficient (Wildman–Crippen LogP) is 6.14. The molecule has 4 rings (SSSR count). The molecule has 0 fully saturated rings. The lowest BCUT2D eigenvalue weighted by molar-refractivity contribution is -0.138. The quantitative estimate of drug-likeness (QED) is 0.204. The second kappa shape index (κ2) is 11.7. The van der Waals surface area contributed by atoms with Crippen LogP contribution in [0.4, 0.5) is 28.8 Å². The van der Waals surface area contributed by atoms with Crippen molar-refractivity contribution in [3.05, 3.63) is 81.1 Å². The molecular weight excluding hydrogens is 561 g/mol. The fraction of sp³-hybridized carbons (Fsp3) is 0.200. The Balaban J connectivity index is 1.58. The third-order valence-electron chi connectivity index (χ3n) is 5.34. The highest BCUT2D eigenvalue weighted by atomic mass is 35.5. The Kier molecular flexibility index (Phi) is 8.41. The van der Waals surface area contributed by atoms with Crippen molar-refractivity contribution in [2.24, 2.45) is 0 Å². The Morgan fingerprint density at radius 3 is 2.56 bits per heavy atom. The van der Waals surface area contributed by atoms with E-state index in [0.717, 1.165) is 23.5 Å². The molecule has 0 atom stereocenters. The second-order valence-electron chi connectivity index (χ2n) is 8.23. The second-order valence-corrected chi connectivity index (χ2v) is 9.62. The van der Waals surface area contributed by atoms with Crippen LogP contribution in [-0.4, -0.2) is 33.7 Å². The number of pyridine rings is 1. The fourth-order valence-corrected chi connectivity index (χ4v) is 4.65. The molecule has 0 aliphatic heterocycles. The number of amides is 2. The Bertz CT molecular complexity index is 1560. The number of carbonyl (C=O) groups excluding carboxylic acids is 1. The van der Waals surface area contributed by atoms with Crippen molar-refractivity contribution in [3.63, 3.8) is 0 Å². The molecule has 14 heteroatoms. The van der Waals surface area contributed by atoms with Gasteiger partial charge in [0.2, 0.25) is 5.56 Å². The van der Waals surface area contributed by atoms with Gasteiger partial charge in [0.25, 0.3) is 0 Å². The number of nitrogens with zero attached hydrogens (tertiary/aromatic N) is 2. The number of aromatic amines is 1. The van der Waals surface area contributed by atoms with Gasteiger partial charge in [0.15, 0.2) is 5.13 Å². The molecular formula is C25H20ClF3N4O5S. The zero-order valence-electron chi connectivity index (χ0n) is 19.9. The van der Waals surface area contributed by atoms with Gasteiger partial charge in [-0.25, -0.2) is 9.78 Å². The van der Waals surface area contributed by atoms with Gasteiger partial charge in [-0.05, 0) is 48.4 Å². The minimum atomic E-state index is -4.71. The van der Waals surface area contributed by atoms with Gasteiger partial charge in [0, 0.05) is 18.2 Å². The number of nitrogens with one attached hydrogen (secondary N) is 2. The third-order valence-corrected chi connectivity index (χ3v) is 6.68. The SMILES string of the molecule is O=C(O)CCCOc1ccc(CN(C(=O)Nc2ccc(Cl)c(C(F)(F)F)c2)c2nc3ccc(=O)[nH]c3s2)cc1. The molecule has 9 nitrogen and oxygen atoms in total. The number of hydrogen-bond donors (Lipinski definition) is 3. The molecule has 2 aromatic carbocycles. The summed E-state index contributed by atoms with van der Waals surface area (Å²) in [4.78, 5) is 44.4. The molecule has 39 heavy (non-hydrogen) atoms. The van der Waals surface area contributed by atoms with E-state index in [1.807, 2.05) is 0 Å². The fourth-order valence-electron chi connectivity index (χ4n) is 3.47. The third kappa shape index (κ3) is 7.27. The van der Waals surface area contributed by atoms with Crippen molar-refractivity contribution < 1.29 is 32.6 Å². The summed E-state index contributed by atoms with van der Waals surface area (Å²) < 4.78 is 45.5. The number of rotatable bonds is 9. The van der Waals surface area contributed by atoms with Crippen molar-refractivity contribution in [1.29, 1.82) is 0 Å². The van der Waals surface area contributed by atoms with E-state index in [4.69, 9.17) is 21.4 Å². The number of fused-ring (bicyclic) bond motifs is 1. The van der Waals surface area contributed by atoms with Crippen LogP contribution in [0.5, 0.6) is 5.75 Å². The zero-order chi connectivity index (χ0) is 28.2. The molecule has 2 amide bonds. The van der Waals surface area contributed by atoms with E-state index in [1.165, 1.54) is 23.1 Å². The standard InChI is InChI=1S/C25H20ClF3N4O5S/c26-18-8-5-15(12-17(18)25(27,28)29)30-23(37)33(24-31-19-9-10-20(34)32-22(19)39-24)13-14-3-6-16(7-4-14)38-11-1-2-21(35)36/h3-10,12H,1-2,11,13H2,(H,30,37)(H,32,34)(H,35,36). The molecule has 0 saturated heterocycles. The first kappa shape index (κ1) is 27.9. The molecule has 2 aromatic heterocycles. The lowest BCUT2D eigenvalue weighted by Crippen LogP contribution is -2.34. The molecule has 0 aliphatic rings. The molecule has 0 saturated carbocycles.